The fourth-order valence-electron chi connectivity index (χ4n) is 3.49. The van der Waals surface area contributed by atoms with E-state index in [-0.39, 0.29) is 0 Å². The van der Waals surface area contributed by atoms with Gasteiger partial charge < -0.3 is 15.2 Å². The summed E-state index contributed by atoms with van der Waals surface area (Å²) in [6.45, 7) is 2.09. The van der Waals surface area contributed by atoms with Crippen molar-refractivity contribution < 1.29 is 9.90 Å². The molecule has 0 saturated heterocycles. The molecule has 3 heteroatoms. The molecule has 0 atom stereocenters. The van der Waals surface area contributed by atoms with Crippen LogP contribution in [0.2, 0.25) is 0 Å². The summed E-state index contributed by atoms with van der Waals surface area (Å²) in [4.78, 5) is 11.0. The molecule has 22 heavy (non-hydrogen) atoms. The molecule has 0 aliphatic heterocycles. The molecule has 4 rings (SSSR count). The van der Waals surface area contributed by atoms with Crippen LogP contribution < -0.4 is 10.4 Å². The van der Waals surface area contributed by atoms with E-state index in [2.05, 4.69) is 30.4 Å². The van der Waals surface area contributed by atoms with E-state index in [1.54, 1.807) is 0 Å². The number of carbonyl (C=O) groups excluding carboxylic acids is 1. The minimum absolute atomic E-state index is 0.602. The van der Waals surface area contributed by atoms with Gasteiger partial charge in [-0.1, -0.05) is 49.4 Å². The number of aryl methyl sites for hydroxylation is 1. The Morgan fingerprint density at radius 1 is 1.05 bits per heavy atom. The number of carboxylic acid groups (broad SMARTS) is 1. The number of anilines is 1. The highest BCUT2D eigenvalue weighted by Crippen LogP contribution is 2.50. The van der Waals surface area contributed by atoms with Gasteiger partial charge in [-0.2, -0.15) is 0 Å². The zero-order valence-electron chi connectivity index (χ0n) is 12.1. The van der Waals surface area contributed by atoms with Crippen molar-refractivity contribution in [3.8, 4) is 22.3 Å². The first-order chi connectivity index (χ1) is 10.7. The summed E-state index contributed by atoms with van der Waals surface area (Å²) in [5.41, 5.74) is 6.58. The van der Waals surface area contributed by atoms with Crippen LogP contribution in [0.25, 0.3) is 33.0 Å². The summed E-state index contributed by atoms with van der Waals surface area (Å²) in [7, 11) is 0. The average molecular weight is 288 g/mol. The maximum absolute atomic E-state index is 11.0. The van der Waals surface area contributed by atoms with Crippen LogP contribution >= 0.6 is 0 Å². The van der Waals surface area contributed by atoms with Gasteiger partial charge in [0.05, 0.1) is 0 Å². The quantitative estimate of drug-likeness (QED) is 0.610. The lowest BCUT2D eigenvalue weighted by atomic mass is 9.95. The molecule has 3 nitrogen and oxygen atoms in total. The smallest absolute Gasteiger partial charge is 0.138 e. The van der Waals surface area contributed by atoms with Crippen LogP contribution in [0, 0.1) is 0 Å². The lowest BCUT2D eigenvalue weighted by molar-refractivity contribution is -0.242. The van der Waals surface area contributed by atoms with Crippen LogP contribution in [0.4, 0.5) is 10.5 Å². The molecule has 3 aromatic rings. The van der Waals surface area contributed by atoms with Crippen LogP contribution in [0.15, 0.2) is 48.5 Å². The van der Waals surface area contributed by atoms with Crippen LogP contribution in [-0.2, 0) is 6.42 Å². The van der Waals surface area contributed by atoms with E-state index >= 15 is 0 Å². The Morgan fingerprint density at radius 2 is 1.77 bits per heavy atom. The number of nitrogens with one attached hydrogen (secondary N) is 1. The van der Waals surface area contributed by atoms with Gasteiger partial charge in [-0.15, -0.1) is 0 Å². The zero-order valence-corrected chi connectivity index (χ0v) is 12.1. The lowest BCUT2D eigenvalue weighted by Crippen LogP contribution is -2.28. The van der Waals surface area contributed by atoms with Gasteiger partial charge in [-0.25, -0.2) is 0 Å². The van der Waals surface area contributed by atoms with Gasteiger partial charge in [-0.05, 0) is 45.7 Å². The summed E-state index contributed by atoms with van der Waals surface area (Å²) in [6.07, 6.45) is -0.436. The monoisotopic (exact) mass is 288 g/mol. The Morgan fingerprint density at radius 3 is 2.50 bits per heavy atom. The van der Waals surface area contributed by atoms with Gasteiger partial charge in [0.25, 0.3) is 0 Å². The average Bonchev–Trinajstić information content (AvgIpc) is 2.86. The number of amides is 1. The second kappa shape index (κ2) is 4.60. The number of fused-ring (bicyclic) bond motifs is 3. The Balaban J connectivity index is 2.15. The van der Waals surface area contributed by atoms with E-state index in [9.17, 15) is 9.90 Å². The fourth-order valence-corrected chi connectivity index (χ4v) is 3.49. The number of hydrogen-bond donors (Lipinski definition) is 1. The van der Waals surface area contributed by atoms with Gasteiger partial charge in [0.1, 0.15) is 6.09 Å². The van der Waals surface area contributed by atoms with Crippen LogP contribution in [0.5, 0.6) is 0 Å². The SMILES string of the molecule is CCc1cc(NC(=O)[O-])c2cccc3c2c1-c1ccccc1-3. The molecule has 0 spiro atoms. The first kappa shape index (κ1) is 12.9. The van der Waals surface area contributed by atoms with Crippen molar-refractivity contribution in [2.45, 2.75) is 13.3 Å². The molecule has 0 fully saturated rings. The molecule has 1 amide bonds. The second-order valence-corrected chi connectivity index (χ2v) is 5.50. The van der Waals surface area contributed by atoms with Crippen molar-refractivity contribution in [2.75, 3.05) is 5.32 Å². The van der Waals surface area contributed by atoms with E-state index in [0.29, 0.717) is 5.69 Å². The van der Waals surface area contributed by atoms with Crippen LogP contribution in [-0.4, -0.2) is 6.09 Å². The molecular formula is C19H14NO2-. The van der Waals surface area contributed by atoms with E-state index in [1.165, 1.54) is 22.3 Å². The predicted octanol–water partition coefficient (Wildman–Crippen LogP) is 3.80. The third-order valence-electron chi connectivity index (χ3n) is 4.35. The Hall–Kier alpha value is -2.81. The number of benzene rings is 3. The molecule has 0 bridgehead atoms. The molecule has 1 aliphatic carbocycles. The normalized spacial score (nSPS) is 11.5. The molecule has 3 aromatic carbocycles. The third-order valence-corrected chi connectivity index (χ3v) is 4.35. The van der Waals surface area contributed by atoms with E-state index < -0.39 is 6.09 Å². The highest BCUT2D eigenvalue weighted by molar-refractivity contribution is 6.20. The largest absolute Gasteiger partial charge is 0.530 e. The van der Waals surface area contributed by atoms with Crippen molar-refractivity contribution >= 4 is 22.6 Å². The van der Waals surface area contributed by atoms with Crippen molar-refractivity contribution in [3.63, 3.8) is 0 Å². The fraction of sp³-hybridized carbons (Fsp3) is 0.105. The Labute approximate surface area is 128 Å². The van der Waals surface area contributed by atoms with Crippen molar-refractivity contribution in [2.24, 2.45) is 0 Å². The third kappa shape index (κ3) is 1.65. The van der Waals surface area contributed by atoms with E-state index in [1.807, 2.05) is 30.3 Å². The maximum atomic E-state index is 11.0. The first-order valence-corrected chi connectivity index (χ1v) is 7.37. The summed E-state index contributed by atoms with van der Waals surface area (Å²) >= 11 is 0. The van der Waals surface area contributed by atoms with Gasteiger partial charge in [0.2, 0.25) is 0 Å². The number of rotatable bonds is 2. The molecule has 1 N–H and O–H groups in total. The first-order valence-electron chi connectivity index (χ1n) is 7.37. The summed E-state index contributed by atoms with van der Waals surface area (Å²) in [6, 6.07) is 16.3. The van der Waals surface area contributed by atoms with Crippen molar-refractivity contribution in [3.05, 3.63) is 54.1 Å². The second-order valence-electron chi connectivity index (χ2n) is 5.50. The van der Waals surface area contributed by atoms with Crippen molar-refractivity contribution in [1.82, 2.24) is 0 Å². The van der Waals surface area contributed by atoms with Gasteiger partial charge in [0, 0.05) is 11.1 Å². The van der Waals surface area contributed by atoms with Crippen LogP contribution in [0.1, 0.15) is 12.5 Å². The maximum Gasteiger partial charge on any atom is 0.138 e. The minimum atomic E-state index is -1.28. The van der Waals surface area contributed by atoms with E-state index in [0.717, 1.165) is 22.8 Å². The number of hydrogen-bond acceptors (Lipinski definition) is 2. The van der Waals surface area contributed by atoms with Gasteiger partial charge in [-0.3, -0.25) is 0 Å². The molecule has 0 unspecified atom stereocenters. The van der Waals surface area contributed by atoms with Gasteiger partial charge in [0.15, 0.2) is 0 Å². The lowest BCUT2D eigenvalue weighted by Gasteiger charge is -2.15. The molecule has 0 aromatic heterocycles. The zero-order chi connectivity index (χ0) is 15.3. The van der Waals surface area contributed by atoms with Crippen LogP contribution in [0.3, 0.4) is 0 Å². The summed E-state index contributed by atoms with van der Waals surface area (Å²) in [5.74, 6) is 0. The van der Waals surface area contributed by atoms with Crippen molar-refractivity contribution in [1.29, 1.82) is 0 Å². The molecule has 0 saturated carbocycles. The van der Waals surface area contributed by atoms with Gasteiger partial charge >= 0.3 is 0 Å². The highest BCUT2D eigenvalue weighted by Gasteiger charge is 2.24. The standard InChI is InChI=1S/C19H15NO2/c1-2-11-10-16(20-19(21)22)15-9-5-8-14-12-6-3-4-7-13(12)17(11)18(14)15/h3-10,20H,2H2,1H3,(H,21,22)/p-1. The highest BCUT2D eigenvalue weighted by atomic mass is 16.4. The molecule has 108 valence electrons. The molecule has 1 aliphatic rings. The Kier molecular flexibility index (Phi) is 2.70. The summed E-state index contributed by atoms with van der Waals surface area (Å²) < 4.78 is 0. The summed E-state index contributed by atoms with van der Waals surface area (Å²) in [5, 5.41) is 15.5. The minimum Gasteiger partial charge on any atom is -0.530 e. The molecular weight excluding hydrogens is 274 g/mol. The molecule has 0 heterocycles. The van der Waals surface area contributed by atoms with E-state index in [4.69, 9.17) is 0 Å². The predicted molar refractivity (Wildman–Crippen MR) is 86.8 cm³/mol. The molecule has 0 radical (unpaired) electrons. The topological polar surface area (TPSA) is 52.2 Å². The number of carbonyl (C=O) groups is 1. The Bertz CT molecular complexity index is 928.